The number of benzene rings is 1. The largest absolute Gasteiger partial charge is 0.493 e. The average molecular weight is 355 g/mol. The molecule has 0 saturated carbocycles. The second-order valence-electron chi connectivity index (χ2n) is 6.19. The van der Waals surface area contributed by atoms with E-state index in [9.17, 15) is 14.4 Å². The molecule has 6 nitrogen and oxygen atoms in total. The number of carbonyl (C=O) groups excluding carboxylic acids is 1. The molecule has 7 heteroatoms. The molecular weight excluding hydrogens is 337 g/mol. The van der Waals surface area contributed by atoms with E-state index in [1.807, 2.05) is 23.8 Å². The van der Waals surface area contributed by atoms with E-state index in [-0.39, 0.29) is 12.4 Å². The highest BCUT2D eigenvalue weighted by atomic mass is 19.1. The number of carbonyl (C=O) groups is 1. The first-order valence-corrected chi connectivity index (χ1v) is 8.47. The molecule has 0 bridgehead atoms. The van der Waals surface area contributed by atoms with Crippen LogP contribution in [0, 0.1) is 5.82 Å². The van der Waals surface area contributed by atoms with Gasteiger partial charge in [0.25, 0.3) is 5.91 Å². The second-order valence-corrected chi connectivity index (χ2v) is 6.19. The van der Waals surface area contributed by atoms with Gasteiger partial charge in [-0.05, 0) is 31.0 Å². The molecule has 0 atom stereocenters. The Labute approximate surface area is 149 Å². The number of aromatic nitrogens is 2. The Morgan fingerprint density at radius 2 is 2.19 bits per heavy atom. The summed E-state index contributed by atoms with van der Waals surface area (Å²) in [6.45, 7) is 3.07. The minimum absolute atomic E-state index is 0.254. The van der Waals surface area contributed by atoms with Crippen molar-refractivity contribution < 1.29 is 19.1 Å². The molecule has 134 valence electrons. The van der Waals surface area contributed by atoms with Gasteiger partial charge in [-0.25, -0.2) is 14.4 Å². The lowest BCUT2D eigenvalue weighted by atomic mass is 10.0. The van der Waals surface area contributed by atoms with Gasteiger partial charge in [0.1, 0.15) is 17.3 Å². The van der Waals surface area contributed by atoms with Crippen LogP contribution in [0.25, 0.3) is 10.9 Å². The van der Waals surface area contributed by atoms with E-state index >= 15 is 0 Å². The fourth-order valence-corrected chi connectivity index (χ4v) is 3.36. The third-order valence-corrected chi connectivity index (χ3v) is 4.61. The summed E-state index contributed by atoms with van der Waals surface area (Å²) in [5.74, 6) is -0.290. The zero-order valence-corrected chi connectivity index (χ0v) is 14.3. The molecule has 0 fully saturated rings. The standard InChI is InChI=1S/C19H18FN3O3/c1-2-26-17-9-13(20)4-3-12(17)11-22-7-5-14-15-6-8-23(25)19(24)18(15)21-10-16(14)22/h3-5,7,9-10,25H,2,6,8,11H2,1H3. The van der Waals surface area contributed by atoms with Gasteiger partial charge in [-0.3, -0.25) is 10.0 Å². The van der Waals surface area contributed by atoms with Crippen molar-refractivity contribution >= 4 is 16.8 Å². The van der Waals surface area contributed by atoms with Gasteiger partial charge in [-0.15, -0.1) is 0 Å². The van der Waals surface area contributed by atoms with E-state index in [1.165, 1.54) is 12.1 Å². The Bertz CT molecular complexity index is 999. The Hall–Kier alpha value is -2.93. The van der Waals surface area contributed by atoms with Crippen LogP contribution >= 0.6 is 0 Å². The summed E-state index contributed by atoms with van der Waals surface area (Å²) < 4.78 is 21.0. The van der Waals surface area contributed by atoms with Gasteiger partial charge in [0.15, 0.2) is 0 Å². The fourth-order valence-electron chi connectivity index (χ4n) is 3.36. The molecule has 0 saturated heterocycles. The summed E-state index contributed by atoms with van der Waals surface area (Å²) in [6.07, 6.45) is 4.10. The lowest BCUT2D eigenvalue weighted by Gasteiger charge is -2.22. The highest BCUT2D eigenvalue weighted by Gasteiger charge is 2.26. The quantitative estimate of drug-likeness (QED) is 0.731. The molecule has 0 spiro atoms. The molecule has 4 rings (SSSR count). The Morgan fingerprint density at radius 3 is 3.00 bits per heavy atom. The van der Waals surface area contributed by atoms with E-state index < -0.39 is 5.91 Å². The van der Waals surface area contributed by atoms with Crippen molar-refractivity contribution in [2.45, 2.75) is 19.9 Å². The minimum atomic E-state index is -0.474. The van der Waals surface area contributed by atoms with Gasteiger partial charge in [-0.1, -0.05) is 6.07 Å². The summed E-state index contributed by atoms with van der Waals surface area (Å²) in [4.78, 5) is 16.3. The number of halogens is 1. The lowest BCUT2D eigenvalue weighted by molar-refractivity contribution is -0.0606. The first-order chi connectivity index (χ1) is 12.6. The molecular formula is C19H18FN3O3. The van der Waals surface area contributed by atoms with Crippen molar-refractivity contribution in [1.82, 2.24) is 14.6 Å². The molecule has 0 unspecified atom stereocenters. The number of hydrogen-bond acceptors (Lipinski definition) is 4. The molecule has 0 radical (unpaired) electrons. The van der Waals surface area contributed by atoms with Crippen molar-refractivity contribution in [3.63, 3.8) is 0 Å². The highest BCUT2D eigenvalue weighted by molar-refractivity contribution is 5.99. The zero-order valence-electron chi connectivity index (χ0n) is 14.3. The van der Waals surface area contributed by atoms with Gasteiger partial charge >= 0.3 is 0 Å². The second kappa shape index (κ2) is 6.42. The molecule has 2 aromatic heterocycles. The predicted molar refractivity (Wildman–Crippen MR) is 92.9 cm³/mol. The Balaban J connectivity index is 1.75. The number of rotatable bonds is 4. The van der Waals surface area contributed by atoms with Crippen LogP contribution < -0.4 is 4.74 Å². The van der Waals surface area contributed by atoms with Crippen LogP contribution in [-0.2, 0) is 13.0 Å². The number of amides is 1. The van der Waals surface area contributed by atoms with E-state index in [2.05, 4.69) is 4.98 Å². The maximum atomic E-state index is 13.5. The third kappa shape index (κ3) is 2.70. The summed E-state index contributed by atoms with van der Waals surface area (Å²) in [7, 11) is 0. The van der Waals surface area contributed by atoms with Gasteiger partial charge in [0, 0.05) is 23.2 Å². The molecule has 26 heavy (non-hydrogen) atoms. The molecule has 1 aliphatic heterocycles. The van der Waals surface area contributed by atoms with Gasteiger partial charge in [-0.2, -0.15) is 0 Å². The van der Waals surface area contributed by atoms with Crippen LogP contribution in [0.15, 0.2) is 36.7 Å². The first-order valence-electron chi connectivity index (χ1n) is 8.47. The lowest BCUT2D eigenvalue weighted by Crippen LogP contribution is -2.35. The zero-order chi connectivity index (χ0) is 18.3. The van der Waals surface area contributed by atoms with E-state index in [0.717, 1.165) is 22.0 Å². The van der Waals surface area contributed by atoms with Crippen LogP contribution in [0.4, 0.5) is 4.39 Å². The van der Waals surface area contributed by atoms with Crippen LogP contribution in [0.5, 0.6) is 5.75 Å². The van der Waals surface area contributed by atoms with Crippen molar-refractivity contribution in [1.29, 1.82) is 0 Å². The van der Waals surface area contributed by atoms with Crippen LogP contribution in [0.2, 0.25) is 0 Å². The summed E-state index contributed by atoms with van der Waals surface area (Å²) >= 11 is 0. The molecule has 1 aromatic carbocycles. The molecule has 1 amide bonds. The Kier molecular flexibility index (Phi) is 4.08. The number of fused-ring (bicyclic) bond motifs is 3. The summed E-state index contributed by atoms with van der Waals surface area (Å²) in [6, 6.07) is 6.46. The van der Waals surface area contributed by atoms with Gasteiger partial charge in [0.2, 0.25) is 0 Å². The minimum Gasteiger partial charge on any atom is -0.493 e. The molecule has 0 aliphatic carbocycles. The third-order valence-electron chi connectivity index (χ3n) is 4.61. The van der Waals surface area contributed by atoms with E-state index in [4.69, 9.17) is 4.74 Å². The van der Waals surface area contributed by atoms with Crippen molar-refractivity contribution in [2.24, 2.45) is 0 Å². The first kappa shape index (κ1) is 16.5. The SMILES string of the molecule is CCOc1cc(F)ccc1Cn1ccc2c3c(ncc21)C(=O)N(O)CC3. The summed E-state index contributed by atoms with van der Waals surface area (Å²) in [5, 5.41) is 11.2. The molecule has 1 N–H and O–H groups in total. The number of hydrogen-bond donors (Lipinski definition) is 1. The normalized spacial score (nSPS) is 14.0. The van der Waals surface area contributed by atoms with Gasteiger partial charge < -0.3 is 9.30 Å². The molecule has 1 aliphatic rings. The maximum Gasteiger partial charge on any atom is 0.296 e. The van der Waals surface area contributed by atoms with Crippen molar-refractivity contribution in [3.8, 4) is 5.75 Å². The smallest absolute Gasteiger partial charge is 0.296 e. The predicted octanol–water partition coefficient (Wildman–Crippen LogP) is 3.01. The average Bonchev–Trinajstić information content (AvgIpc) is 3.04. The van der Waals surface area contributed by atoms with Gasteiger partial charge in [0.05, 0.1) is 31.4 Å². The van der Waals surface area contributed by atoms with Crippen molar-refractivity contribution in [3.05, 3.63) is 59.3 Å². The topological polar surface area (TPSA) is 67.6 Å². The number of ether oxygens (including phenoxy) is 1. The maximum absolute atomic E-state index is 13.5. The highest BCUT2D eigenvalue weighted by Crippen LogP contribution is 2.28. The van der Waals surface area contributed by atoms with E-state index in [0.29, 0.717) is 36.1 Å². The van der Waals surface area contributed by atoms with E-state index in [1.54, 1.807) is 12.3 Å². The molecule has 3 heterocycles. The molecule has 3 aromatic rings. The monoisotopic (exact) mass is 355 g/mol. The number of pyridine rings is 1. The van der Waals surface area contributed by atoms with Crippen LogP contribution in [-0.4, -0.2) is 38.9 Å². The number of hydroxylamine groups is 2. The Morgan fingerprint density at radius 1 is 1.35 bits per heavy atom. The number of nitrogens with zero attached hydrogens (tertiary/aromatic N) is 3. The fraction of sp³-hybridized carbons (Fsp3) is 0.263. The van der Waals surface area contributed by atoms with Crippen molar-refractivity contribution in [2.75, 3.05) is 13.2 Å². The van der Waals surface area contributed by atoms with Crippen LogP contribution in [0.3, 0.4) is 0 Å². The summed E-state index contributed by atoms with van der Waals surface area (Å²) in [5.41, 5.74) is 2.89. The van der Waals surface area contributed by atoms with Crippen LogP contribution in [0.1, 0.15) is 28.5 Å².